The number of hydrogen-bond acceptors (Lipinski definition) is 5. The highest BCUT2D eigenvalue weighted by Gasteiger charge is 2.20. The van der Waals surface area contributed by atoms with Crippen LogP contribution in [0.3, 0.4) is 0 Å². The number of thiazole rings is 1. The van der Waals surface area contributed by atoms with Crippen molar-refractivity contribution in [2.75, 3.05) is 26.3 Å². The van der Waals surface area contributed by atoms with E-state index in [1.807, 2.05) is 6.20 Å². The second-order valence-electron chi connectivity index (χ2n) is 3.98. The van der Waals surface area contributed by atoms with Gasteiger partial charge in [0.25, 0.3) is 0 Å². The number of aliphatic hydroxyl groups excluding tert-OH is 1. The van der Waals surface area contributed by atoms with Crippen molar-refractivity contribution in [2.45, 2.75) is 26.0 Å². The Bertz CT molecular complexity index is 330. The molecule has 0 amide bonds. The van der Waals surface area contributed by atoms with E-state index in [0.717, 1.165) is 26.1 Å². The number of morpholine rings is 1. The molecule has 1 unspecified atom stereocenters. The summed E-state index contributed by atoms with van der Waals surface area (Å²) in [6.45, 7) is 5.63. The molecular weight excluding hydrogens is 224 g/mol. The molecule has 0 bridgehead atoms. The monoisotopic (exact) mass is 242 g/mol. The molecule has 0 radical (unpaired) electrons. The van der Waals surface area contributed by atoms with Crippen molar-refractivity contribution < 1.29 is 9.84 Å². The van der Waals surface area contributed by atoms with Gasteiger partial charge in [0.05, 0.1) is 24.3 Å². The number of rotatable bonds is 4. The van der Waals surface area contributed by atoms with E-state index in [-0.39, 0.29) is 12.7 Å². The summed E-state index contributed by atoms with van der Waals surface area (Å²) in [5.41, 5.74) is 0. The zero-order chi connectivity index (χ0) is 11.4. The summed E-state index contributed by atoms with van der Waals surface area (Å²) in [4.78, 5) is 7.97. The van der Waals surface area contributed by atoms with Gasteiger partial charge in [0.15, 0.2) is 0 Å². The summed E-state index contributed by atoms with van der Waals surface area (Å²) in [7, 11) is 0. The van der Waals surface area contributed by atoms with E-state index in [9.17, 15) is 0 Å². The van der Waals surface area contributed by atoms with Crippen LogP contribution >= 0.6 is 11.3 Å². The number of nitrogens with zero attached hydrogens (tertiary/aromatic N) is 2. The SMILES string of the molecule is CCc1ncc(CN2CCOC(CO)C2)s1. The maximum atomic E-state index is 9.06. The molecule has 0 spiro atoms. The molecule has 1 atom stereocenters. The average molecular weight is 242 g/mol. The number of hydrogen-bond donors (Lipinski definition) is 1. The van der Waals surface area contributed by atoms with Crippen molar-refractivity contribution in [1.29, 1.82) is 0 Å². The van der Waals surface area contributed by atoms with Crippen LogP contribution in [0.4, 0.5) is 0 Å². The minimum Gasteiger partial charge on any atom is -0.394 e. The van der Waals surface area contributed by atoms with Gasteiger partial charge in [-0.2, -0.15) is 0 Å². The predicted octanol–water partition coefficient (Wildman–Crippen LogP) is 0.899. The molecule has 16 heavy (non-hydrogen) atoms. The fourth-order valence-electron chi connectivity index (χ4n) is 1.84. The Morgan fingerprint density at radius 1 is 1.69 bits per heavy atom. The molecule has 0 saturated carbocycles. The molecule has 1 aliphatic heterocycles. The lowest BCUT2D eigenvalue weighted by atomic mass is 10.3. The van der Waals surface area contributed by atoms with Gasteiger partial charge in [-0.1, -0.05) is 6.92 Å². The minimum absolute atomic E-state index is 0.0210. The molecule has 0 aliphatic carbocycles. The molecule has 2 rings (SSSR count). The van der Waals surface area contributed by atoms with Crippen LogP contribution in [-0.4, -0.2) is 47.4 Å². The first-order chi connectivity index (χ1) is 7.81. The third kappa shape index (κ3) is 3.01. The minimum atomic E-state index is -0.0210. The summed E-state index contributed by atoms with van der Waals surface area (Å²) in [5.74, 6) is 0. The topological polar surface area (TPSA) is 45.6 Å². The largest absolute Gasteiger partial charge is 0.394 e. The Hall–Kier alpha value is -0.490. The third-order valence-electron chi connectivity index (χ3n) is 2.71. The maximum absolute atomic E-state index is 9.06. The van der Waals surface area contributed by atoms with E-state index in [1.54, 1.807) is 11.3 Å². The molecule has 1 aromatic rings. The second-order valence-corrected chi connectivity index (χ2v) is 5.18. The van der Waals surface area contributed by atoms with E-state index in [2.05, 4.69) is 16.8 Å². The van der Waals surface area contributed by atoms with Crippen molar-refractivity contribution in [3.63, 3.8) is 0 Å². The first-order valence-corrected chi connectivity index (χ1v) is 6.52. The van der Waals surface area contributed by atoms with Gasteiger partial charge < -0.3 is 9.84 Å². The lowest BCUT2D eigenvalue weighted by Gasteiger charge is -2.31. The number of aliphatic hydroxyl groups is 1. The van der Waals surface area contributed by atoms with Crippen LogP contribution < -0.4 is 0 Å². The van der Waals surface area contributed by atoms with Crippen LogP contribution in [0, 0.1) is 0 Å². The molecule has 1 N–H and O–H groups in total. The molecule has 1 aromatic heterocycles. The molecule has 4 nitrogen and oxygen atoms in total. The van der Waals surface area contributed by atoms with E-state index < -0.39 is 0 Å². The molecule has 2 heterocycles. The highest BCUT2D eigenvalue weighted by Crippen LogP contribution is 2.17. The van der Waals surface area contributed by atoms with Crippen molar-refractivity contribution in [1.82, 2.24) is 9.88 Å². The Morgan fingerprint density at radius 2 is 2.56 bits per heavy atom. The highest BCUT2D eigenvalue weighted by atomic mass is 32.1. The Labute approximate surface area is 99.9 Å². The van der Waals surface area contributed by atoms with Crippen molar-refractivity contribution in [3.8, 4) is 0 Å². The van der Waals surface area contributed by atoms with Crippen LogP contribution in [0.2, 0.25) is 0 Å². The lowest BCUT2D eigenvalue weighted by molar-refractivity contribution is -0.0548. The van der Waals surface area contributed by atoms with Crippen LogP contribution in [-0.2, 0) is 17.7 Å². The van der Waals surface area contributed by atoms with E-state index in [1.165, 1.54) is 9.88 Å². The fraction of sp³-hybridized carbons (Fsp3) is 0.727. The van der Waals surface area contributed by atoms with Crippen LogP contribution in [0.15, 0.2) is 6.20 Å². The number of aromatic nitrogens is 1. The summed E-state index contributed by atoms with van der Waals surface area (Å²) in [6.07, 6.45) is 2.95. The molecule has 5 heteroatoms. The zero-order valence-electron chi connectivity index (χ0n) is 9.56. The van der Waals surface area contributed by atoms with Gasteiger partial charge in [-0.05, 0) is 6.42 Å². The second kappa shape index (κ2) is 5.72. The van der Waals surface area contributed by atoms with E-state index in [4.69, 9.17) is 9.84 Å². The van der Waals surface area contributed by atoms with Gasteiger partial charge in [-0.15, -0.1) is 11.3 Å². The highest BCUT2D eigenvalue weighted by molar-refractivity contribution is 7.11. The Kier molecular flexibility index (Phi) is 4.29. The predicted molar refractivity (Wildman–Crippen MR) is 63.6 cm³/mol. The number of aryl methyl sites for hydroxylation is 1. The maximum Gasteiger partial charge on any atom is 0.0933 e. The zero-order valence-corrected chi connectivity index (χ0v) is 10.4. The standard InChI is InChI=1S/C11H18N2O2S/c1-2-11-12-5-10(16-11)7-13-3-4-15-9(6-13)8-14/h5,9,14H,2-4,6-8H2,1H3. The lowest BCUT2D eigenvalue weighted by Crippen LogP contribution is -2.43. The quantitative estimate of drug-likeness (QED) is 0.852. The van der Waals surface area contributed by atoms with Crippen LogP contribution in [0.5, 0.6) is 0 Å². The molecule has 90 valence electrons. The summed E-state index contributed by atoms with van der Waals surface area (Å²) >= 11 is 1.78. The normalized spacial score (nSPS) is 22.5. The van der Waals surface area contributed by atoms with Gasteiger partial charge in [0.1, 0.15) is 0 Å². The summed E-state index contributed by atoms with van der Waals surface area (Å²) in [5, 5.41) is 10.3. The smallest absolute Gasteiger partial charge is 0.0933 e. The molecule has 0 aromatic carbocycles. The molecule has 1 saturated heterocycles. The molecule has 1 fully saturated rings. The number of ether oxygens (including phenoxy) is 1. The Balaban J connectivity index is 1.88. The van der Waals surface area contributed by atoms with Gasteiger partial charge in [0, 0.05) is 30.7 Å². The van der Waals surface area contributed by atoms with E-state index >= 15 is 0 Å². The average Bonchev–Trinajstić information content (AvgIpc) is 2.77. The first kappa shape index (κ1) is 12.0. The van der Waals surface area contributed by atoms with Crippen LogP contribution in [0.1, 0.15) is 16.8 Å². The summed E-state index contributed by atoms with van der Waals surface area (Å²) < 4.78 is 5.42. The van der Waals surface area contributed by atoms with Gasteiger partial charge in [-0.3, -0.25) is 4.90 Å². The van der Waals surface area contributed by atoms with Gasteiger partial charge >= 0.3 is 0 Å². The van der Waals surface area contributed by atoms with E-state index in [0.29, 0.717) is 6.61 Å². The fourth-order valence-corrected chi connectivity index (χ4v) is 2.74. The van der Waals surface area contributed by atoms with Gasteiger partial charge in [0.2, 0.25) is 0 Å². The molecular formula is C11H18N2O2S. The van der Waals surface area contributed by atoms with Crippen LogP contribution in [0.25, 0.3) is 0 Å². The van der Waals surface area contributed by atoms with Crippen molar-refractivity contribution in [2.24, 2.45) is 0 Å². The molecule has 1 aliphatic rings. The van der Waals surface area contributed by atoms with Crippen molar-refractivity contribution >= 4 is 11.3 Å². The first-order valence-electron chi connectivity index (χ1n) is 5.70. The van der Waals surface area contributed by atoms with Crippen molar-refractivity contribution in [3.05, 3.63) is 16.1 Å². The third-order valence-corrected chi connectivity index (χ3v) is 3.84. The van der Waals surface area contributed by atoms with Gasteiger partial charge in [-0.25, -0.2) is 4.98 Å². The summed E-state index contributed by atoms with van der Waals surface area (Å²) in [6, 6.07) is 0. The Morgan fingerprint density at radius 3 is 3.25 bits per heavy atom.